The summed E-state index contributed by atoms with van der Waals surface area (Å²) in [5.41, 5.74) is -0.452. The van der Waals surface area contributed by atoms with Crippen molar-refractivity contribution in [3.8, 4) is 0 Å². The third-order valence-corrected chi connectivity index (χ3v) is 3.17. The van der Waals surface area contributed by atoms with Crippen LogP contribution in [0.15, 0.2) is 30.3 Å². The third kappa shape index (κ3) is 3.19. The van der Waals surface area contributed by atoms with Gasteiger partial charge in [-0.2, -0.15) is 13.2 Å². The molecule has 0 saturated heterocycles. The lowest BCUT2D eigenvalue weighted by Crippen LogP contribution is -2.09. The normalized spacial score (nSPS) is 12.1. The maximum Gasteiger partial charge on any atom is 0.416 e. The molecule has 0 aliphatic carbocycles. The second kappa shape index (κ2) is 5.39. The molecule has 0 radical (unpaired) electrons. The molecule has 0 atom stereocenters. The molecule has 19 heavy (non-hydrogen) atoms. The number of aliphatic hydroxyl groups excluding tert-OH is 1. The number of hydrogen-bond donors (Lipinski definition) is 1. The molecule has 0 spiro atoms. The second-order valence-corrected chi connectivity index (χ2v) is 4.76. The van der Waals surface area contributed by atoms with Crippen molar-refractivity contribution in [3.63, 3.8) is 0 Å². The summed E-state index contributed by atoms with van der Waals surface area (Å²) in [6, 6.07) is 7.41. The monoisotopic (exact) mass is 288 g/mol. The fraction of sp³-hybridized carbons (Fsp3) is 0.286. The van der Waals surface area contributed by atoms with Crippen molar-refractivity contribution in [2.24, 2.45) is 0 Å². The Hall–Kier alpha value is -1.26. The van der Waals surface area contributed by atoms with Gasteiger partial charge in [0.2, 0.25) is 0 Å². The Labute approximate surface area is 113 Å². The van der Waals surface area contributed by atoms with Crippen molar-refractivity contribution in [3.05, 3.63) is 46.5 Å². The van der Waals surface area contributed by atoms with E-state index in [9.17, 15) is 13.2 Å². The molecule has 0 aliphatic heterocycles. The summed E-state index contributed by atoms with van der Waals surface area (Å²) in [7, 11) is 0. The van der Waals surface area contributed by atoms with Crippen LogP contribution in [-0.2, 0) is 12.6 Å². The van der Waals surface area contributed by atoms with E-state index in [1.54, 1.807) is 18.2 Å². The van der Waals surface area contributed by atoms with Gasteiger partial charge in [-0.05, 0) is 47.4 Å². The Morgan fingerprint density at radius 2 is 1.79 bits per heavy atom. The van der Waals surface area contributed by atoms with Crippen LogP contribution in [0.4, 0.5) is 13.2 Å². The van der Waals surface area contributed by atoms with Gasteiger partial charge in [-0.3, -0.25) is 0 Å². The quantitative estimate of drug-likeness (QED) is 0.885. The molecular weight excluding hydrogens is 277 g/mol. The van der Waals surface area contributed by atoms with Gasteiger partial charge in [0.25, 0.3) is 0 Å². The van der Waals surface area contributed by atoms with Crippen molar-refractivity contribution in [2.45, 2.75) is 19.0 Å². The highest BCUT2D eigenvalue weighted by molar-refractivity contribution is 6.31. The summed E-state index contributed by atoms with van der Waals surface area (Å²) in [5.74, 6) is 0. The molecule has 0 saturated carbocycles. The predicted molar refractivity (Wildman–Crippen MR) is 69.4 cm³/mol. The SMILES string of the molecule is OCCCc1cc2cc(Cl)ccc2cc1C(F)(F)F. The van der Waals surface area contributed by atoms with E-state index in [0.29, 0.717) is 22.2 Å². The molecule has 2 rings (SSSR count). The van der Waals surface area contributed by atoms with Crippen molar-refractivity contribution in [1.82, 2.24) is 0 Å². The Balaban J connectivity index is 2.60. The van der Waals surface area contributed by atoms with Crippen LogP contribution in [0.3, 0.4) is 0 Å². The van der Waals surface area contributed by atoms with Crippen molar-refractivity contribution in [2.75, 3.05) is 6.61 Å². The first-order chi connectivity index (χ1) is 8.91. The molecule has 5 heteroatoms. The lowest BCUT2D eigenvalue weighted by atomic mass is 9.97. The van der Waals surface area contributed by atoms with Crippen LogP contribution in [-0.4, -0.2) is 11.7 Å². The minimum absolute atomic E-state index is 0.134. The number of halogens is 4. The van der Waals surface area contributed by atoms with E-state index >= 15 is 0 Å². The van der Waals surface area contributed by atoms with Crippen LogP contribution in [0.1, 0.15) is 17.5 Å². The van der Waals surface area contributed by atoms with E-state index in [1.807, 2.05) is 0 Å². The summed E-state index contributed by atoms with van der Waals surface area (Å²) in [5, 5.41) is 10.4. The van der Waals surface area contributed by atoms with E-state index in [2.05, 4.69) is 0 Å². The summed E-state index contributed by atoms with van der Waals surface area (Å²) in [6.07, 6.45) is -3.90. The van der Waals surface area contributed by atoms with Gasteiger partial charge in [0.15, 0.2) is 0 Å². The van der Waals surface area contributed by atoms with Crippen LogP contribution in [0, 0.1) is 0 Å². The molecule has 0 aliphatic rings. The minimum Gasteiger partial charge on any atom is -0.396 e. The lowest BCUT2D eigenvalue weighted by molar-refractivity contribution is -0.138. The highest BCUT2D eigenvalue weighted by atomic mass is 35.5. The van der Waals surface area contributed by atoms with Crippen LogP contribution < -0.4 is 0 Å². The van der Waals surface area contributed by atoms with Gasteiger partial charge in [-0.15, -0.1) is 0 Å². The van der Waals surface area contributed by atoms with E-state index in [4.69, 9.17) is 16.7 Å². The van der Waals surface area contributed by atoms with E-state index in [-0.39, 0.29) is 18.6 Å². The van der Waals surface area contributed by atoms with E-state index in [1.165, 1.54) is 6.07 Å². The Morgan fingerprint density at radius 3 is 2.42 bits per heavy atom. The van der Waals surface area contributed by atoms with Crippen molar-refractivity contribution < 1.29 is 18.3 Å². The van der Waals surface area contributed by atoms with Gasteiger partial charge in [0.1, 0.15) is 0 Å². The van der Waals surface area contributed by atoms with E-state index in [0.717, 1.165) is 6.07 Å². The van der Waals surface area contributed by atoms with Gasteiger partial charge >= 0.3 is 6.18 Å². The maximum absolute atomic E-state index is 13.0. The number of aryl methyl sites for hydroxylation is 1. The molecule has 2 aromatic rings. The summed E-state index contributed by atoms with van der Waals surface area (Å²) >= 11 is 5.84. The molecule has 0 amide bonds. The largest absolute Gasteiger partial charge is 0.416 e. The fourth-order valence-corrected chi connectivity index (χ4v) is 2.24. The molecular formula is C14H12ClF3O. The van der Waals surface area contributed by atoms with Crippen LogP contribution in [0.2, 0.25) is 5.02 Å². The number of alkyl halides is 3. The Morgan fingerprint density at radius 1 is 1.05 bits per heavy atom. The zero-order chi connectivity index (χ0) is 14.0. The first kappa shape index (κ1) is 14.2. The molecule has 0 fully saturated rings. The number of benzene rings is 2. The molecule has 1 nitrogen and oxygen atoms in total. The lowest BCUT2D eigenvalue weighted by Gasteiger charge is -2.14. The highest BCUT2D eigenvalue weighted by Crippen LogP contribution is 2.35. The molecule has 2 aromatic carbocycles. The predicted octanol–water partition coefficient (Wildman–Crippen LogP) is 4.44. The maximum atomic E-state index is 13.0. The van der Waals surface area contributed by atoms with Crippen LogP contribution in [0.25, 0.3) is 10.8 Å². The molecule has 0 heterocycles. The van der Waals surface area contributed by atoms with Gasteiger partial charge in [-0.25, -0.2) is 0 Å². The average Bonchev–Trinajstić information content (AvgIpc) is 2.33. The van der Waals surface area contributed by atoms with Gasteiger partial charge in [0, 0.05) is 11.6 Å². The summed E-state index contributed by atoms with van der Waals surface area (Å²) in [6.45, 7) is -0.134. The molecule has 0 bridgehead atoms. The second-order valence-electron chi connectivity index (χ2n) is 4.33. The van der Waals surface area contributed by atoms with Gasteiger partial charge in [0.05, 0.1) is 5.56 Å². The number of hydrogen-bond acceptors (Lipinski definition) is 1. The van der Waals surface area contributed by atoms with E-state index < -0.39 is 11.7 Å². The van der Waals surface area contributed by atoms with Crippen molar-refractivity contribution in [1.29, 1.82) is 0 Å². The van der Waals surface area contributed by atoms with Crippen molar-refractivity contribution >= 4 is 22.4 Å². The number of rotatable bonds is 3. The minimum atomic E-state index is -4.39. The van der Waals surface area contributed by atoms with Crippen LogP contribution in [0.5, 0.6) is 0 Å². The average molecular weight is 289 g/mol. The molecule has 0 unspecified atom stereocenters. The Bertz CT molecular complexity index is 593. The van der Waals surface area contributed by atoms with Crippen LogP contribution >= 0.6 is 11.6 Å². The zero-order valence-electron chi connectivity index (χ0n) is 9.97. The fourth-order valence-electron chi connectivity index (χ4n) is 2.06. The summed E-state index contributed by atoms with van der Waals surface area (Å²) < 4.78 is 39.0. The summed E-state index contributed by atoms with van der Waals surface area (Å²) in [4.78, 5) is 0. The third-order valence-electron chi connectivity index (χ3n) is 2.93. The topological polar surface area (TPSA) is 20.2 Å². The first-order valence-corrected chi connectivity index (χ1v) is 6.20. The Kier molecular flexibility index (Phi) is 4.02. The first-order valence-electron chi connectivity index (χ1n) is 5.82. The number of aliphatic hydroxyl groups is 1. The molecule has 0 aromatic heterocycles. The van der Waals surface area contributed by atoms with Gasteiger partial charge in [-0.1, -0.05) is 23.7 Å². The molecule has 102 valence electrons. The zero-order valence-corrected chi connectivity index (χ0v) is 10.7. The smallest absolute Gasteiger partial charge is 0.396 e. The highest BCUT2D eigenvalue weighted by Gasteiger charge is 2.33. The molecule has 1 N–H and O–H groups in total. The van der Waals surface area contributed by atoms with Gasteiger partial charge < -0.3 is 5.11 Å². The number of fused-ring (bicyclic) bond motifs is 1. The standard InChI is InChI=1S/C14H12ClF3O/c15-12-4-3-9-8-13(14(16,17)18)10(2-1-5-19)6-11(9)7-12/h3-4,6-8,19H,1-2,5H2.